The molecule has 0 spiro atoms. The van der Waals surface area contributed by atoms with E-state index in [-0.39, 0.29) is 0 Å². The molecule has 1 aromatic heterocycles. The highest BCUT2D eigenvalue weighted by molar-refractivity contribution is 5.92. The lowest BCUT2D eigenvalue weighted by atomic mass is 9.82. The Labute approximate surface area is 129 Å². The summed E-state index contributed by atoms with van der Waals surface area (Å²) in [6.07, 6.45) is 9.00. The van der Waals surface area contributed by atoms with Gasteiger partial charge in [-0.3, -0.25) is 0 Å². The van der Waals surface area contributed by atoms with E-state index in [4.69, 9.17) is 6.42 Å². The SMILES string of the molecule is C#Cc1ccc(C2=C(C)CCc3ccc(C(=O)O)cc32)cn1. The Hall–Kier alpha value is -2.86. The van der Waals surface area contributed by atoms with Gasteiger partial charge < -0.3 is 5.11 Å². The highest BCUT2D eigenvalue weighted by Crippen LogP contribution is 2.36. The molecule has 1 N–H and O–H groups in total. The maximum Gasteiger partial charge on any atom is 0.335 e. The molecule has 0 saturated heterocycles. The molecule has 0 radical (unpaired) electrons. The molecule has 0 aliphatic heterocycles. The quantitative estimate of drug-likeness (QED) is 0.860. The number of fused-ring (bicyclic) bond motifs is 1. The highest BCUT2D eigenvalue weighted by Gasteiger charge is 2.20. The number of carboxylic acids is 1. The van der Waals surface area contributed by atoms with Gasteiger partial charge in [-0.15, -0.1) is 6.42 Å². The molecule has 0 bridgehead atoms. The molecule has 22 heavy (non-hydrogen) atoms. The van der Waals surface area contributed by atoms with E-state index in [1.54, 1.807) is 18.3 Å². The van der Waals surface area contributed by atoms with E-state index in [1.807, 2.05) is 18.2 Å². The molecule has 0 saturated carbocycles. The number of allylic oxidation sites excluding steroid dienone is 1. The molecule has 1 aliphatic rings. The van der Waals surface area contributed by atoms with Crippen molar-refractivity contribution in [3.8, 4) is 12.3 Å². The number of carboxylic acid groups (broad SMARTS) is 1. The highest BCUT2D eigenvalue weighted by atomic mass is 16.4. The molecule has 0 amide bonds. The fourth-order valence-electron chi connectivity index (χ4n) is 2.87. The predicted molar refractivity (Wildman–Crippen MR) is 85.6 cm³/mol. The molecule has 108 valence electrons. The summed E-state index contributed by atoms with van der Waals surface area (Å²) < 4.78 is 0. The largest absolute Gasteiger partial charge is 0.478 e. The first-order chi connectivity index (χ1) is 10.6. The lowest BCUT2D eigenvalue weighted by Crippen LogP contribution is -2.07. The lowest BCUT2D eigenvalue weighted by Gasteiger charge is -2.22. The Morgan fingerprint density at radius 3 is 2.73 bits per heavy atom. The number of terminal acetylenes is 1. The summed E-state index contributed by atoms with van der Waals surface area (Å²) in [6.45, 7) is 2.08. The van der Waals surface area contributed by atoms with E-state index in [9.17, 15) is 9.90 Å². The number of aryl methyl sites for hydroxylation is 1. The van der Waals surface area contributed by atoms with Crippen LogP contribution in [0.5, 0.6) is 0 Å². The van der Waals surface area contributed by atoms with Crippen LogP contribution in [0.2, 0.25) is 0 Å². The van der Waals surface area contributed by atoms with Gasteiger partial charge in [0.2, 0.25) is 0 Å². The monoisotopic (exact) mass is 289 g/mol. The number of carbonyl (C=O) groups is 1. The van der Waals surface area contributed by atoms with Crippen molar-refractivity contribution in [2.24, 2.45) is 0 Å². The Morgan fingerprint density at radius 1 is 1.27 bits per heavy atom. The molecule has 3 nitrogen and oxygen atoms in total. The van der Waals surface area contributed by atoms with Crippen LogP contribution >= 0.6 is 0 Å². The van der Waals surface area contributed by atoms with Crippen LogP contribution in [0.3, 0.4) is 0 Å². The Balaban J connectivity index is 2.16. The van der Waals surface area contributed by atoms with Crippen LogP contribution < -0.4 is 0 Å². The van der Waals surface area contributed by atoms with Crippen LogP contribution in [0.15, 0.2) is 42.1 Å². The molecular formula is C19H15NO2. The number of rotatable bonds is 2. The Bertz CT molecular complexity index is 824. The number of aromatic nitrogens is 1. The first-order valence-corrected chi connectivity index (χ1v) is 7.09. The molecule has 3 rings (SSSR count). The van der Waals surface area contributed by atoms with Crippen molar-refractivity contribution in [1.29, 1.82) is 0 Å². The second kappa shape index (κ2) is 5.50. The molecule has 2 aromatic rings. The molecule has 0 atom stereocenters. The Morgan fingerprint density at radius 2 is 2.09 bits per heavy atom. The van der Waals surface area contributed by atoms with Crippen molar-refractivity contribution in [2.45, 2.75) is 19.8 Å². The third-order valence-electron chi connectivity index (χ3n) is 4.02. The number of hydrogen-bond donors (Lipinski definition) is 1. The van der Waals surface area contributed by atoms with Gasteiger partial charge in [0, 0.05) is 11.8 Å². The first kappa shape index (κ1) is 14.1. The van der Waals surface area contributed by atoms with E-state index < -0.39 is 5.97 Å². The van der Waals surface area contributed by atoms with Crippen LogP contribution in [0.4, 0.5) is 0 Å². The van der Waals surface area contributed by atoms with Crippen molar-refractivity contribution in [2.75, 3.05) is 0 Å². The molecule has 1 heterocycles. The predicted octanol–water partition coefficient (Wildman–Crippen LogP) is 3.53. The topological polar surface area (TPSA) is 50.2 Å². The minimum atomic E-state index is -0.911. The summed E-state index contributed by atoms with van der Waals surface area (Å²) in [5.74, 6) is 1.60. The van der Waals surface area contributed by atoms with Crippen LogP contribution in [-0.2, 0) is 6.42 Å². The van der Waals surface area contributed by atoms with Gasteiger partial charge in [0.05, 0.1) is 5.56 Å². The second-order valence-electron chi connectivity index (χ2n) is 5.41. The van der Waals surface area contributed by atoms with Crippen molar-refractivity contribution in [1.82, 2.24) is 4.98 Å². The minimum Gasteiger partial charge on any atom is -0.478 e. The number of hydrogen-bond acceptors (Lipinski definition) is 2. The molecule has 3 heteroatoms. The zero-order valence-electron chi connectivity index (χ0n) is 12.3. The van der Waals surface area contributed by atoms with E-state index in [2.05, 4.69) is 17.8 Å². The first-order valence-electron chi connectivity index (χ1n) is 7.09. The molecular weight excluding hydrogens is 274 g/mol. The smallest absolute Gasteiger partial charge is 0.335 e. The maximum atomic E-state index is 11.2. The number of benzene rings is 1. The van der Waals surface area contributed by atoms with Gasteiger partial charge in [-0.25, -0.2) is 9.78 Å². The number of nitrogens with zero attached hydrogens (tertiary/aromatic N) is 1. The molecule has 1 aromatic carbocycles. The zero-order valence-corrected chi connectivity index (χ0v) is 12.3. The van der Waals surface area contributed by atoms with Gasteiger partial charge >= 0.3 is 5.97 Å². The van der Waals surface area contributed by atoms with Crippen molar-refractivity contribution >= 4 is 11.5 Å². The summed E-state index contributed by atoms with van der Waals surface area (Å²) in [5, 5.41) is 9.23. The fourth-order valence-corrected chi connectivity index (χ4v) is 2.87. The average Bonchev–Trinajstić information content (AvgIpc) is 2.54. The minimum absolute atomic E-state index is 0.305. The molecule has 0 unspecified atom stereocenters. The van der Waals surface area contributed by atoms with Gasteiger partial charge in [-0.1, -0.05) is 23.6 Å². The molecule has 1 aliphatic carbocycles. The van der Waals surface area contributed by atoms with E-state index in [1.165, 1.54) is 11.1 Å². The summed E-state index contributed by atoms with van der Waals surface area (Å²) in [5.41, 5.74) is 6.34. The summed E-state index contributed by atoms with van der Waals surface area (Å²) >= 11 is 0. The lowest BCUT2D eigenvalue weighted by molar-refractivity contribution is 0.0697. The van der Waals surface area contributed by atoms with Gasteiger partial charge in [-0.2, -0.15) is 0 Å². The number of pyridine rings is 1. The van der Waals surface area contributed by atoms with E-state index >= 15 is 0 Å². The van der Waals surface area contributed by atoms with Crippen molar-refractivity contribution < 1.29 is 9.90 Å². The zero-order chi connectivity index (χ0) is 15.7. The van der Waals surface area contributed by atoms with Crippen LogP contribution in [-0.4, -0.2) is 16.1 Å². The normalized spacial score (nSPS) is 13.5. The van der Waals surface area contributed by atoms with Gasteiger partial charge in [0.15, 0.2) is 0 Å². The van der Waals surface area contributed by atoms with E-state index in [0.717, 1.165) is 29.5 Å². The average molecular weight is 289 g/mol. The fraction of sp³-hybridized carbons (Fsp3) is 0.158. The van der Waals surface area contributed by atoms with Crippen LogP contribution in [0.1, 0.15) is 46.1 Å². The Kier molecular flexibility index (Phi) is 3.52. The summed E-state index contributed by atoms with van der Waals surface area (Å²) in [7, 11) is 0. The van der Waals surface area contributed by atoms with Crippen LogP contribution in [0.25, 0.3) is 5.57 Å². The summed E-state index contributed by atoms with van der Waals surface area (Å²) in [6, 6.07) is 9.09. The van der Waals surface area contributed by atoms with Gasteiger partial charge in [0.25, 0.3) is 0 Å². The van der Waals surface area contributed by atoms with Crippen molar-refractivity contribution in [3.05, 3.63) is 70.0 Å². The van der Waals surface area contributed by atoms with E-state index in [0.29, 0.717) is 11.3 Å². The van der Waals surface area contributed by atoms with Crippen LogP contribution in [0, 0.1) is 12.3 Å². The maximum absolute atomic E-state index is 11.2. The second-order valence-corrected chi connectivity index (χ2v) is 5.41. The summed E-state index contributed by atoms with van der Waals surface area (Å²) in [4.78, 5) is 15.5. The third kappa shape index (κ3) is 2.40. The standard InChI is InChI=1S/C19H15NO2/c1-3-16-9-8-15(11-20-16)18-12(2)4-5-13-6-7-14(19(21)22)10-17(13)18/h1,6-11H,4-5H2,2H3,(H,21,22). The third-order valence-corrected chi connectivity index (χ3v) is 4.02. The number of aromatic carboxylic acids is 1. The van der Waals surface area contributed by atoms with Gasteiger partial charge in [-0.05, 0) is 54.7 Å². The van der Waals surface area contributed by atoms with Crippen molar-refractivity contribution in [3.63, 3.8) is 0 Å². The van der Waals surface area contributed by atoms with Gasteiger partial charge in [0.1, 0.15) is 5.69 Å². The molecule has 0 fully saturated rings.